The molecule has 94 valence electrons. The number of rotatable bonds is 2. The molecule has 3 nitrogen and oxygen atoms in total. The maximum Gasteiger partial charge on any atom is 0.352 e. The molecule has 1 aromatic heterocycles. The molecule has 0 bridgehead atoms. The Balaban J connectivity index is 2.30. The Labute approximate surface area is 110 Å². The highest BCUT2D eigenvalue weighted by Gasteiger charge is 2.11. The van der Waals surface area contributed by atoms with Crippen LogP contribution in [0.1, 0.15) is 16.1 Å². The van der Waals surface area contributed by atoms with E-state index in [1.807, 2.05) is 36.4 Å². The van der Waals surface area contributed by atoms with Crippen molar-refractivity contribution in [2.75, 3.05) is 0 Å². The van der Waals surface area contributed by atoms with E-state index in [1.54, 1.807) is 6.07 Å². The van der Waals surface area contributed by atoms with E-state index < -0.39 is 5.97 Å². The molecule has 0 aliphatic heterocycles. The first-order chi connectivity index (χ1) is 9.16. The van der Waals surface area contributed by atoms with Gasteiger partial charge in [0.05, 0.1) is 5.52 Å². The topological polar surface area (TPSA) is 53.1 Å². The number of carboxylic acids is 1. The number of aromatic nitrogens is 1. The molecule has 3 aromatic rings. The van der Waals surface area contributed by atoms with Gasteiger partial charge in [0.15, 0.2) is 0 Å². The first-order valence-corrected chi connectivity index (χ1v) is 6.08. The van der Waals surface area contributed by atoms with Crippen LogP contribution in [0.15, 0.2) is 48.5 Å². The first-order valence-electron chi connectivity index (χ1n) is 6.08. The highest BCUT2D eigenvalue weighted by Crippen LogP contribution is 2.30. The number of fused-ring (bicyclic) bond motifs is 1. The minimum atomic E-state index is -0.938. The third-order valence-corrected chi connectivity index (χ3v) is 3.32. The summed E-state index contributed by atoms with van der Waals surface area (Å²) in [5.41, 5.74) is 4.40. The van der Waals surface area contributed by atoms with Crippen molar-refractivity contribution >= 4 is 16.9 Å². The van der Waals surface area contributed by atoms with Gasteiger partial charge < -0.3 is 10.1 Å². The molecule has 0 fully saturated rings. The largest absolute Gasteiger partial charge is 0.477 e. The predicted octanol–water partition coefficient (Wildman–Crippen LogP) is 3.84. The van der Waals surface area contributed by atoms with E-state index >= 15 is 0 Å². The second-order valence-electron chi connectivity index (χ2n) is 4.57. The summed E-state index contributed by atoms with van der Waals surface area (Å²) in [4.78, 5) is 14.0. The van der Waals surface area contributed by atoms with Gasteiger partial charge in [-0.3, -0.25) is 0 Å². The third kappa shape index (κ3) is 1.89. The van der Waals surface area contributed by atoms with E-state index in [-0.39, 0.29) is 5.69 Å². The number of para-hydroxylation sites is 1. The molecule has 0 spiro atoms. The lowest BCUT2D eigenvalue weighted by Gasteiger charge is -2.07. The van der Waals surface area contributed by atoms with Crippen molar-refractivity contribution in [3.05, 3.63) is 59.8 Å². The van der Waals surface area contributed by atoms with Crippen LogP contribution in [0.4, 0.5) is 0 Å². The fourth-order valence-electron chi connectivity index (χ4n) is 2.37. The molecule has 3 heteroatoms. The molecular formula is C16H13NO2. The van der Waals surface area contributed by atoms with Crippen molar-refractivity contribution in [3.63, 3.8) is 0 Å². The van der Waals surface area contributed by atoms with Gasteiger partial charge in [0.2, 0.25) is 0 Å². The van der Waals surface area contributed by atoms with Gasteiger partial charge in [-0.05, 0) is 24.1 Å². The fraction of sp³-hybridized carbons (Fsp3) is 0.0625. The second kappa shape index (κ2) is 4.28. The number of hydrogen-bond donors (Lipinski definition) is 2. The molecule has 0 aliphatic carbocycles. The Hall–Kier alpha value is -2.55. The number of benzene rings is 2. The van der Waals surface area contributed by atoms with Crippen LogP contribution in [0.5, 0.6) is 0 Å². The molecular weight excluding hydrogens is 238 g/mol. The van der Waals surface area contributed by atoms with E-state index in [0.717, 1.165) is 22.0 Å². The molecule has 0 unspecified atom stereocenters. The molecule has 0 amide bonds. The van der Waals surface area contributed by atoms with Crippen LogP contribution < -0.4 is 0 Å². The molecule has 0 saturated carbocycles. The summed E-state index contributed by atoms with van der Waals surface area (Å²) >= 11 is 0. The highest BCUT2D eigenvalue weighted by molar-refractivity contribution is 6.00. The number of aromatic amines is 1. The van der Waals surface area contributed by atoms with Crippen molar-refractivity contribution in [2.24, 2.45) is 0 Å². The molecule has 1 heterocycles. The number of hydrogen-bond acceptors (Lipinski definition) is 1. The zero-order valence-electron chi connectivity index (χ0n) is 10.5. The van der Waals surface area contributed by atoms with E-state index in [2.05, 4.69) is 18.0 Å². The van der Waals surface area contributed by atoms with Gasteiger partial charge in [-0.25, -0.2) is 4.79 Å². The van der Waals surface area contributed by atoms with Crippen LogP contribution in [0.2, 0.25) is 0 Å². The summed E-state index contributed by atoms with van der Waals surface area (Å²) in [7, 11) is 0. The minimum Gasteiger partial charge on any atom is -0.477 e. The average molecular weight is 251 g/mol. The Morgan fingerprint density at radius 1 is 1.05 bits per heavy atom. The van der Waals surface area contributed by atoms with Gasteiger partial charge in [0, 0.05) is 10.9 Å². The van der Waals surface area contributed by atoms with Gasteiger partial charge in [-0.1, -0.05) is 42.5 Å². The molecule has 2 N–H and O–H groups in total. The number of nitrogens with one attached hydrogen (secondary N) is 1. The van der Waals surface area contributed by atoms with Crippen molar-refractivity contribution < 1.29 is 9.90 Å². The number of H-pyrrole nitrogens is 1. The molecule has 2 aromatic carbocycles. The molecule has 0 radical (unpaired) electrons. The number of aryl methyl sites for hydroxylation is 1. The minimum absolute atomic E-state index is 0.219. The molecule has 0 saturated heterocycles. The zero-order valence-corrected chi connectivity index (χ0v) is 10.5. The molecule has 19 heavy (non-hydrogen) atoms. The molecule has 0 aliphatic rings. The SMILES string of the molecule is Cc1ccccc1-c1cccc2cc(C(=O)O)[nH]c12. The summed E-state index contributed by atoms with van der Waals surface area (Å²) < 4.78 is 0. The Kier molecular flexibility index (Phi) is 2.60. The normalized spacial score (nSPS) is 10.8. The zero-order chi connectivity index (χ0) is 13.4. The average Bonchev–Trinajstić information content (AvgIpc) is 2.83. The van der Waals surface area contributed by atoms with E-state index in [4.69, 9.17) is 5.11 Å². The van der Waals surface area contributed by atoms with Gasteiger partial charge in [0.25, 0.3) is 0 Å². The van der Waals surface area contributed by atoms with Crippen LogP contribution in [0.3, 0.4) is 0 Å². The van der Waals surface area contributed by atoms with Crippen molar-refractivity contribution in [2.45, 2.75) is 6.92 Å². The summed E-state index contributed by atoms with van der Waals surface area (Å²) in [5, 5.41) is 9.99. The lowest BCUT2D eigenvalue weighted by molar-refractivity contribution is 0.0691. The van der Waals surface area contributed by atoms with Crippen LogP contribution in [-0.2, 0) is 0 Å². The highest BCUT2D eigenvalue weighted by atomic mass is 16.4. The van der Waals surface area contributed by atoms with Gasteiger partial charge in [0.1, 0.15) is 5.69 Å². The van der Waals surface area contributed by atoms with Crippen LogP contribution in [-0.4, -0.2) is 16.1 Å². The lowest BCUT2D eigenvalue weighted by atomic mass is 9.99. The van der Waals surface area contributed by atoms with Crippen LogP contribution in [0, 0.1) is 6.92 Å². The number of aromatic carboxylic acids is 1. The maximum atomic E-state index is 11.1. The summed E-state index contributed by atoms with van der Waals surface area (Å²) in [5.74, 6) is -0.938. The van der Waals surface area contributed by atoms with Crippen molar-refractivity contribution in [1.82, 2.24) is 4.98 Å². The summed E-state index contributed by atoms with van der Waals surface area (Å²) in [6.07, 6.45) is 0. The number of carboxylic acid groups (broad SMARTS) is 1. The van der Waals surface area contributed by atoms with Crippen molar-refractivity contribution in [3.8, 4) is 11.1 Å². The Bertz CT molecular complexity index is 771. The molecule has 0 atom stereocenters. The monoisotopic (exact) mass is 251 g/mol. The standard InChI is InChI=1S/C16H13NO2/c1-10-5-2-3-7-12(10)13-8-4-6-11-9-14(16(18)19)17-15(11)13/h2-9,17H,1H3,(H,18,19). The van der Waals surface area contributed by atoms with Gasteiger partial charge >= 0.3 is 5.97 Å². The Morgan fingerprint density at radius 2 is 1.79 bits per heavy atom. The maximum absolute atomic E-state index is 11.1. The lowest BCUT2D eigenvalue weighted by Crippen LogP contribution is -1.95. The second-order valence-corrected chi connectivity index (χ2v) is 4.57. The van der Waals surface area contributed by atoms with Crippen LogP contribution >= 0.6 is 0 Å². The third-order valence-electron chi connectivity index (χ3n) is 3.32. The smallest absolute Gasteiger partial charge is 0.352 e. The van der Waals surface area contributed by atoms with E-state index in [9.17, 15) is 4.79 Å². The predicted molar refractivity (Wildman–Crippen MR) is 75.4 cm³/mol. The molecule has 3 rings (SSSR count). The van der Waals surface area contributed by atoms with E-state index in [0.29, 0.717) is 0 Å². The summed E-state index contributed by atoms with van der Waals surface area (Å²) in [6, 6.07) is 15.6. The fourth-order valence-corrected chi connectivity index (χ4v) is 2.37. The van der Waals surface area contributed by atoms with Gasteiger partial charge in [-0.2, -0.15) is 0 Å². The number of carbonyl (C=O) groups is 1. The summed E-state index contributed by atoms with van der Waals surface area (Å²) in [6.45, 7) is 2.05. The van der Waals surface area contributed by atoms with E-state index in [1.165, 1.54) is 5.56 Å². The Morgan fingerprint density at radius 3 is 2.53 bits per heavy atom. The van der Waals surface area contributed by atoms with Crippen LogP contribution in [0.25, 0.3) is 22.0 Å². The van der Waals surface area contributed by atoms with Crippen molar-refractivity contribution in [1.29, 1.82) is 0 Å². The first kappa shape index (κ1) is 11.5. The van der Waals surface area contributed by atoms with Gasteiger partial charge in [-0.15, -0.1) is 0 Å². The quantitative estimate of drug-likeness (QED) is 0.727.